The summed E-state index contributed by atoms with van der Waals surface area (Å²) in [4.78, 5) is 0. The summed E-state index contributed by atoms with van der Waals surface area (Å²) in [6, 6.07) is 16.4. The van der Waals surface area contributed by atoms with Crippen LogP contribution in [-0.4, -0.2) is 6.61 Å². The first-order chi connectivity index (χ1) is 8.21. The molecule has 1 aliphatic rings. The molecule has 0 saturated carbocycles. The molecule has 1 heterocycles. The van der Waals surface area contributed by atoms with Gasteiger partial charge in [-0.05, 0) is 30.2 Å². The maximum Gasteiger partial charge on any atom is 0.142 e. The second-order valence-electron chi connectivity index (χ2n) is 4.49. The van der Waals surface area contributed by atoms with Gasteiger partial charge in [-0.3, -0.25) is 0 Å². The highest BCUT2D eigenvalue weighted by atomic mass is 35.5. The summed E-state index contributed by atoms with van der Waals surface area (Å²) in [5.74, 6) is 0. The van der Waals surface area contributed by atoms with Crippen LogP contribution in [0.5, 0.6) is 0 Å². The van der Waals surface area contributed by atoms with E-state index in [-0.39, 0.29) is 5.60 Å². The highest BCUT2D eigenvalue weighted by molar-refractivity contribution is 6.30. The lowest BCUT2D eigenvalue weighted by Crippen LogP contribution is -2.10. The van der Waals surface area contributed by atoms with E-state index >= 15 is 0 Å². The molecule has 0 amide bonds. The predicted octanol–water partition coefficient (Wildman–Crippen LogP) is 3.92. The molecule has 0 N–H and O–H groups in total. The van der Waals surface area contributed by atoms with Gasteiger partial charge in [-0.2, -0.15) is 0 Å². The van der Waals surface area contributed by atoms with Crippen LogP contribution in [0.2, 0.25) is 5.02 Å². The Labute approximate surface area is 106 Å². The number of benzene rings is 2. The predicted molar refractivity (Wildman–Crippen MR) is 69.4 cm³/mol. The molecule has 2 heteroatoms. The molecule has 1 atom stereocenters. The summed E-state index contributed by atoms with van der Waals surface area (Å²) in [6.07, 6.45) is 0. The van der Waals surface area contributed by atoms with E-state index in [0.717, 1.165) is 11.6 Å². The average Bonchev–Trinajstić information content (AvgIpc) is 3.12. The van der Waals surface area contributed by atoms with Gasteiger partial charge in [0.15, 0.2) is 0 Å². The third-order valence-corrected chi connectivity index (χ3v) is 3.51. The SMILES string of the molecule is Cc1ccc(C2(c3ccc(Cl)cc3)CO2)cc1. The molecule has 3 rings (SSSR count). The topological polar surface area (TPSA) is 12.5 Å². The van der Waals surface area contributed by atoms with Gasteiger partial charge in [-0.1, -0.05) is 53.6 Å². The minimum Gasteiger partial charge on any atom is -0.359 e. The Morgan fingerprint density at radius 2 is 1.41 bits per heavy atom. The van der Waals surface area contributed by atoms with Crippen LogP contribution in [0.15, 0.2) is 48.5 Å². The van der Waals surface area contributed by atoms with Crippen molar-refractivity contribution in [2.75, 3.05) is 6.61 Å². The van der Waals surface area contributed by atoms with Crippen molar-refractivity contribution in [2.45, 2.75) is 12.5 Å². The third-order valence-electron chi connectivity index (χ3n) is 3.26. The van der Waals surface area contributed by atoms with Crippen molar-refractivity contribution in [1.29, 1.82) is 0 Å². The van der Waals surface area contributed by atoms with Gasteiger partial charge in [0, 0.05) is 5.02 Å². The number of rotatable bonds is 2. The first-order valence-corrected chi connectivity index (χ1v) is 6.06. The molecule has 1 fully saturated rings. The standard InChI is InChI=1S/C15H13ClO/c1-11-2-4-12(5-3-11)15(10-17-15)13-6-8-14(16)9-7-13/h2-9H,10H2,1H3. The van der Waals surface area contributed by atoms with Crippen molar-refractivity contribution >= 4 is 11.6 Å². The van der Waals surface area contributed by atoms with Crippen LogP contribution in [-0.2, 0) is 10.3 Å². The quantitative estimate of drug-likeness (QED) is 0.730. The number of epoxide rings is 1. The van der Waals surface area contributed by atoms with E-state index in [4.69, 9.17) is 16.3 Å². The van der Waals surface area contributed by atoms with Gasteiger partial charge in [0.2, 0.25) is 0 Å². The highest BCUT2D eigenvalue weighted by Gasteiger charge is 2.47. The van der Waals surface area contributed by atoms with Crippen LogP contribution in [0.4, 0.5) is 0 Å². The second kappa shape index (κ2) is 3.86. The van der Waals surface area contributed by atoms with E-state index < -0.39 is 0 Å². The molecule has 1 unspecified atom stereocenters. The Kier molecular flexibility index (Phi) is 2.46. The number of hydrogen-bond donors (Lipinski definition) is 0. The summed E-state index contributed by atoms with van der Waals surface area (Å²) < 4.78 is 5.70. The monoisotopic (exact) mass is 244 g/mol. The molecule has 1 nitrogen and oxygen atoms in total. The van der Waals surface area contributed by atoms with Crippen molar-refractivity contribution in [3.63, 3.8) is 0 Å². The Balaban J connectivity index is 2.01. The molecule has 0 aliphatic carbocycles. The van der Waals surface area contributed by atoms with Crippen molar-refractivity contribution in [1.82, 2.24) is 0 Å². The van der Waals surface area contributed by atoms with E-state index in [1.165, 1.54) is 16.7 Å². The van der Waals surface area contributed by atoms with Gasteiger partial charge in [-0.25, -0.2) is 0 Å². The van der Waals surface area contributed by atoms with Crippen molar-refractivity contribution in [3.05, 3.63) is 70.2 Å². The summed E-state index contributed by atoms with van der Waals surface area (Å²) in [7, 11) is 0. The molecule has 0 radical (unpaired) electrons. The molecule has 0 bridgehead atoms. The van der Waals surface area contributed by atoms with Gasteiger partial charge >= 0.3 is 0 Å². The zero-order valence-corrected chi connectivity index (χ0v) is 10.4. The lowest BCUT2D eigenvalue weighted by molar-refractivity contribution is 0.349. The van der Waals surface area contributed by atoms with E-state index in [2.05, 4.69) is 31.2 Å². The fourth-order valence-electron chi connectivity index (χ4n) is 2.11. The second-order valence-corrected chi connectivity index (χ2v) is 4.93. The van der Waals surface area contributed by atoms with Crippen LogP contribution in [0.1, 0.15) is 16.7 Å². The summed E-state index contributed by atoms with van der Waals surface area (Å²) in [6.45, 7) is 2.84. The molecule has 86 valence electrons. The number of ether oxygens (including phenoxy) is 1. The Morgan fingerprint density at radius 3 is 1.88 bits per heavy atom. The molecular formula is C15H13ClO. The van der Waals surface area contributed by atoms with Gasteiger partial charge in [0.1, 0.15) is 5.60 Å². The van der Waals surface area contributed by atoms with Crippen LogP contribution < -0.4 is 0 Å². The Bertz CT molecular complexity index is 476. The fourth-order valence-corrected chi connectivity index (χ4v) is 2.24. The maximum absolute atomic E-state index is 5.91. The van der Waals surface area contributed by atoms with Gasteiger partial charge in [0.25, 0.3) is 0 Å². The van der Waals surface area contributed by atoms with E-state index in [0.29, 0.717) is 0 Å². The maximum atomic E-state index is 5.91. The summed E-state index contributed by atoms with van der Waals surface area (Å²) in [5, 5.41) is 0.758. The van der Waals surface area contributed by atoms with E-state index in [9.17, 15) is 0 Å². The molecule has 2 aromatic rings. The summed E-state index contributed by atoms with van der Waals surface area (Å²) >= 11 is 5.91. The van der Waals surface area contributed by atoms with Crippen molar-refractivity contribution in [3.8, 4) is 0 Å². The zero-order valence-electron chi connectivity index (χ0n) is 9.61. The molecule has 2 aromatic carbocycles. The smallest absolute Gasteiger partial charge is 0.142 e. The summed E-state index contributed by atoms with van der Waals surface area (Å²) in [5.41, 5.74) is 3.41. The largest absolute Gasteiger partial charge is 0.359 e. The van der Waals surface area contributed by atoms with Crippen LogP contribution in [0.25, 0.3) is 0 Å². The van der Waals surface area contributed by atoms with Gasteiger partial charge < -0.3 is 4.74 Å². The van der Waals surface area contributed by atoms with Crippen LogP contribution in [0.3, 0.4) is 0 Å². The molecular weight excluding hydrogens is 232 g/mol. The highest BCUT2D eigenvalue weighted by Crippen LogP contribution is 2.45. The Hall–Kier alpha value is -1.31. The first kappa shape index (κ1) is 10.8. The number of halogens is 1. The first-order valence-electron chi connectivity index (χ1n) is 5.68. The zero-order chi connectivity index (χ0) is 11.9. The molecule has 0 spiro atoms. The van der Waals surface area contributed by atoms with Gasteiger partial charge in [0.05, 0.1) is 6.61 Å². The third kappa shape index (κ3) is 1.86. The van der Waals surface area contributed by atoms with E-state index in [1.807, 2.05) is 24.3 Å². The van der Waals surface area contributed by atoms with Crippen molar-refractivity contribution < 1.29 is 4.74 Å². The molecule has 1 aliphatic heterocycles. The normalized spacial score (nSPS) is 22.5. The van der Waals surface area contributed by atoms with Crippen LogP contribution in [0, 0.1) is 6.92 Å². The number of aryl methyl sites for hydroxylation is 1. The van der Waals surface area contributed by atoms with Crippen LogP contribution >= 0.6 is 11.6 Å². The lowest BCUT2D eigenvalue weighted by atomic mass is 9.91. The minimum atomic E-state index is -0.238. The lowest BCUT2D eigenvalue weighted by Gasteiger charge is -2.13. The van der Waals surface area contributed by atoms with Gasteiger partial charge in [-0.15, -0.1) is 0 Å². The van der Waals surface area contributed by atoms with Crippen molar-refractivity contribution in [2.24, 2.45) is 0 Å². The van der Waals surface area contributed by atoms with E-state index in [1.54, 1.807) is 0 Å². The molecule has 0 aromatic heterocycles. The average molecular weight is 245 g/mol. The molecule has 1 saturated heterocycles. The number of hydrogen-bond acceptors (Lipinski definition) is 1. The molecule has 17 heavy (non-hydrogen) atoms. The fraction of sp³-hybridized carbons (Fsp3) is 0.200. The Morgan fingerprint density at radius 1 is 0.941 bits per heavy atom. The minimum absolute atomic E-state index is 0.238.